The van der Waals surface area contributed by atoms with Gasteiger partial charge < -0.3 is 9.64 Å². The molecule has 0 saturated carbocycles. The van der Waals surface area contributed by atoms with Gasteiger partial charge in [0.05, 0.1) is 0 Å². The average Bonchev–Trinajstić information content (AvgIpc) is 2.30. The van der Waals surface area contributed by atoms with Gasteiger partial charge in [0.1, 0.15) is 0 Å². The van der Waals surface area contributed by atoms with Gasteiger partial charge in [0.2, 0.25) is 0 Å². The minimum absolute atomic E-state index is 0.831. The quantitative estimate of drug-likeness (QED) is 0.589. The Hall–Kier alpha value is -0.0800. The Balaban J connectivity index is 1.90. The van der Waals surface area contributed by atoms with Crippen molar-refractivity contribution in [3.63, 3.8) is 0 Å². The molecule has 1 rings (SSSR count). The molecule has 0 radical (unpaired) electrons. The highest BCUT2D eigenvalue weighted by molar-refractivity contribution is 4.72. The number of nitrogens with zero attached hydrogens (tertiary/aromatic N) is 1. The summed E-state index contributed by atoms with van der Waals surface area (Å²) in [5, 5.41) is 0. The second-order valence-corrected chi connectivity index (χ2v) is 4.99. The zero-order valence-corrected chi connectivity index (χ0v) is 11.2. The first-order valence-electron chi connectivity index (χ1n) is 7.16. The number of likely N-dealkylation sites (tertiary alicyclic amines) is 1. The highest BCUT2D eigenvalue weighted by Gasteiger charge is 2.16. The lowest BCUT2D eigenvalue weighted by Gasteiger charge is -2.33. The van der Waals surface area contributed by atoms with E-state index in [0.717, 1.165) is 19.3 Å². The number of hydrogen-bond donors (Lipinski definition) is 0. The molecule has 0 aromatic rings. The molecule has 96 valence electrons. The monoisotopic (exact) mass is 227 g/mol. The number of unbranched alkanes of at least 4 members (excludes halogenated alkanes) is 3. The summed E-state index contributed by atoms with van der Waals surface area (Å²) in [5.74, 6) is 0. The van der Waals surface area contributed by atoms with Crippen LogP contribution in [0.2, 0.25) is 0 Å². The first kappa shape index (κ1) is 14.0. The maximum absolute atomic E-state index is 5.34. The molecular weight excluding hydrogens is 198 g/mol. The van der Waals surface area contributed by atoms with Crippen molar-refractivity contribution < 1.29 is 4.74 Å². The molecule has 0 aromatic heterocycles. The summed E-state index contributed by atoms with van der Waals surface area (Å²) < 4.78 is 5.34. The van der Waals surface area contributed by atoms with Gasteiger partial charge in [0.15, 0.2) is 0 Å². The number of ether oxygens (including phenoxy) is 1. The first-order valence-corrected chi connectivity index (χ1v) is 7.16. The van der Waals surface area contributed by atoms with Crippen LogP contribution in [0.25, 0.3) is 0 Å². The molecule has 1 unspecified atom stereocenters. The van der Waals surface area contributed by atoms with Crippen molar-refractivity contribution in [2.45, 2.75) is 64.8 Å². The van der Waals surface area contributed by atoms with Gasteiger partial charge in [-0.05, 0) is 52.6 Å². The van der Waals surface area contributed by atoms with Crippen molar-refractivity contribution in [2.75, 3.05) is 26.3 Å². The minimum Gasteiger partial charge on any atom is -0.382 e. The molecule has 1 saturated heterocycles. The predicted molar refractivity (Wildman–Crippen MR) is 69.8 cm³/mol. The van der Waals surface area contributed by atoms with Crippen LogP contribution < -0.4 is 0 Å². The van der Waals surface area contributed by atoms with Crippen LogP contribution in [0.15, 0.2) is 0 Å². The molecule has 0 amide bonds. The van der Waals surface area contributed by atoms with Gasteiger partial charge >= 0.3 is 0 Å². The third-order valence-electron chi connectivity index (χ3n) is 3.63. The molecule has 1 fully saturated rings. The van der Waals surface area contributed by atoms with Gasteiger partial charge in [-0.3, -0.25) is 0 Å². The summed E-state index contributed by atoms with van der Waals surface area (Å²) >= 11 is 0. The Morgan fingerprint density at radius 2 is 1.94 bits per heavy atom. The summed E-state index contributed by atoms with van der Waals surface area (Å²) in [7, 11) is 0. The molecule has 1 atom stereocenters. The van der Waals surface area contributed by atoms with Crippen LogP contribution in [0.3, 0.4) is 0 Å². The average molecular weight is 227 g/mol. The van der Waals surface area contributed by atoms with E-state index in [2.05, 4.69) is 18.7 Å². The van der Waals surface area contributed by atoms with Crippen LogP contribution in [0, 0.1) is 0 Å². The Labute approximate surface area is 101 Å². The molecular formula is C14H29NO. The fourth-order valence-electron chi connectivity index (χ4n) is 2.51. The second kappa shape index (κ2) is 9.00. The van der Waals surface area contributed by atoms with Gasteiger partial charge in [0.25, 0.3) is 0 Å². The summed E-state index contributed by atoms with van der Waals surface area (Å²) in [6, 6.07) is 0.831. The molecule has 1 heterocycles. The fraction of sp³-hybridized carbons (Fsp3) is 1.00. The Bertz CT molecular complexity index is 161. The Morgan fingerprint density at radius 1 is 1.12 bits per heavy atom. The Kier molecular flexibility index (Phi) is 7.87. The smallest absolute Gasteiger partial charge is 0.0465 e. The summed E-state index contributed by atoms with van der Waals surface area (Å²) in [6.45, 7) is 8.92. The van der Waals surface area contributed by atoms with Crippen LogP contribution in [0.1, 0.15) is 58.8 Å². The van der Waals surface area contributed by atoms with Gasteiger partial charge in [-0.2, -0.15) is 0 Å². The van der Waals surface area contributed by atoms with E-state index in [4.69, 9.17) is 4.74 Å². The van der Waals surface area contributed by atoms with Crippen molar-refractivity contribution in [3.8, 4) is 0 Å². The molecule has 16 heavy (non-hydrogen) atoms. The third kappa shape index (κ3) is 5.86. The lowest BCUT2D eigenvalue weighted by molar-refractivity contribution is 0.140. The largest absolute Gasteiger partial charge is 0.382 e. The molecule has 0 aromatic carbocycles. The number of piperidine rings is 1. The SMILES string of the molecule is CCOCCCCCCN1CCCCC1C. The fourth-order valence-corrected chi connectivity index (χ4v) is 2.51. The molecule has 0 spiro atoms. The topological polar surface area (TPSA) is 12.5 Å². The van der Waals surface area contributed by atoms with Crippen molar-refractivity contribution in [2.24, 2.45) is 0 Å². The zero-order chi connectivity index (χ0) is 11.6. The highest BCUT2D eigenvalue weighted by atomic mass is 16.5. The van der Waals surface area contributed by atoms with Crippen molar-refractivity contribution >= 4 is 0 Å². The van der Waals surface area contributed by atoms with Crippen molar-refractivity contribution in [3.05, 3.63) is 0 Å². The first-order chi connectivity index (χ1) is 7.84. The second-order valence-electron chi connectivity index (χ2n) is 4.99. The Morgan fingerprint density at radius 3 is 2.69 bits per heavy atom. The molecule has 2 heteroatoms. The standard InChI is InChI=1S/C14H29NO/c1-3-16-13-9-5-4-7-11-15-12-8-6-10-14(15)2/h14H,3-13H2,1-2H3. The van der Waals surface area contributed by atoms with Gasteiger partial charge in [-0.1, -0.05) is 19.3 Å². The highest BCUT2D eigenvalue weighted by Crippen LogP contribution is 2.17. The van der Waals surface area contributed by atoms with E-state index in [1.165, 1.54) is 58.0 Å². The normalized spacial score (nSPS) is 22.5. The van der Waals surface area contributed by atoms with Gasteiger partial charge in [0, 0.05) is 19.3 Å². The van der Waals surface area contributed by atoms with Crippen molar-refractivity contribution in [1.82, 2.24) is 4.90 Å². The van der Waals surface area contributed by atoms with Gasteiger partial charge in [-0.15, -0.1) is 0 Å². The van der Waals surface area contributed by atoms with E-state index < -0.39 is 0 Å². The van der Waals surface area contributed by atoms with Crippen LogP contribution in [0.5, 0.6) is 0 Å². The lowest BCUT2D eigenvalue weighted by Crippen LogP contribution is -2.37. The summed E-state index contributed by atoms with van der Waals surface area (Å²) in [5.41, 5.74) is 0. The van der Waals surface area contributed by atoms with E-state index in [-0.39, 0.29) is 0 Å². The van der Waals surface area contributed by atoms with Crippen LogP contribution in [0.4, 0.5) is 0 Å². The molecule has 2 nitrogen and oxygen atoms in total. The van der Waals surface area contributed by atoms with Gasteiger partial charge in [-0.25, -0.2) is 0 Å². The van der Waals surface area contributed by atoms with Crippen LogP contribution in [-0.2, 0) is 4.74 Å². The third-order valence-corrected chi connectivity index (χ3v) is 3.63. The van der Waals surface area contributed by atoms with Crippen molar-refractivity contribution in [1.29, 1.82) is 0 Å². The summed E-state index contributed by atoms with van der Waals surface area (Å²) in [4.78, 5) is 2.67. The van der Waals surface area contributed by atoms with E-state index in [1.54, 1.807) is 0 Å². The molecule has 0 aliphatic carbocycles. The number of rotatable bonds is 8. The summed E-state index contributed by atoms with van der Waals surface area (Å²) in [6.07, 6.45) is 9.57. The van der Waals surface area contributed by atoms with E-state index in [0.29, 0.717) is 0 Å². The van der Waals surface area contributed by atoms with E-state index in [1.807, 2.05) is 0 Å². The predicted octanol–water partition coefficient (Wildman–Crippen LogP) is 3.46. The van der Waals surface area contributed by atoms with Crippen LogP contribution in [-0.4, -0.2) is 37.2 Å². The van der Waals surface area contributed by atoms with E-state index in [9.17, 15) is 0 Å². The maximum Gasteiger partial charge on any atom is 0.0465 e. The molecule has 0 N–H and O–H groups in total. The zero-order valence-electron chi connectivity index (χ0n) is 11.2. The van der Waals surface area contributed by atoms with Crippen LogP contribution >= 0.6 is 0 Å². The minimum atomic E-state index is 0.831. The number of hydrogen-bond acceptors (Lipinski definition) is 2. The van der Waals surface area contributed by atoms with E-state index >= 15 is 0 Å². The molecule has 1 aliphatic heterocycles. The molecule has 1 aliphatic rings. The molecule has 0 bridgehead atoms. The lowest BCUT2D eigenvalue weighted by atomic mass is 10.0. The maximum atomic E-state index is 5.34.